The average Bonchev–Trinajstić information content (AvgIpc) is 2.47. The maximum atomic E-state index is 9.93. The van der Waals surface area contributed by atoms with E-state index in [1.807, 2.05) is 12.1 Å². The monoisotopic (exact) mass is 349 g/mol. The van der Waals surface area contributed by atoms with E-state index in [1.54, 1.807) is 12.4 Å². The van der Waals surface area contributed by atoms with Crippen LogP contribution in [0, 0.1) is 5.92 Å². The van der Waals surface area contributed by atoms with Gasteiger partial charge < -0.3 is 10.4 Å². The van der Waals surface area contributed by atoms with E-state index >= 15 is 0 Å². The van der Waals surface area contributed by atoms with Gasteiger partial charge in [-0.05, 0) is 46.8 Å². The number of hydrogen-bond donors (Lipinski definition) is 2. The summed E-state index contributed by atoms with van der Waals surface area (Å²) in [4.78, 5) is 8.84. The number of fused-ring (bicyclic) bond motifs is 1. The van der Waals surface area contributed by atoms with E-state index in [4.69, 9.17) is 0 Å². The highest BCUT2D eigenvalue weighted by atomic mass is 79.9. The van der Waals surface area contributed by atoms with Crippen molar-refractivity contribution in [1.82, 2.24) is 9.97 Å². The van der Waals surface area contributed by atoms with E-state index in [2.05, 4.69) is 38.1 Å². The van der Waals surface area contributed by atoms with Crippen LogP contribution >= 0.6 is 15.9 Å². The SMILES string of the molecule is CC1CCCC(CO)(Nc2ccnc3cc(Br)cnc23)C1. The van der Waals surface area contributed by atoms with Crippen molar-refractivity contribution in [3.8, 4) is 0 Å². The Morgan fingerprint density at radius 2 is 2.33 bits per heavy atom. The highest BCUT2D eigenvalue weighted by Crippen LogP contribution is 2.36. The molecular weight excluding hydrogens is 330 g/mol. The molecule has 2 atom stereocenters. The van der Waals surface area contributed by atoms with Gasteiger partial charge in [0.05, 0.1) is 23.3 Å². The lowest BCUT2D eigenvalue weighted by Gasteiger charge is -2.40. The van der Waals surface area contributed by atoms with Crippen molar-refractivity contribution in [3.63, 3.8) is 0 Å². The smallest absolute Gasteiger partial charge is 0.112 e. The summed E-state index contributed by atoms with van der Waals surface area (Å²) in [6, 6.07) is 3.91. The predicted molar refractivity (Wildman–Crippen MR) is 88.3 cm³/mol. The number of aliphatic hydroxyl groups excluding tert-OH is 1. The molecule has 112 valence electrons. The molecule has 0 saturated heterocycles. The molecule has 4 nitrogen and oxygen atoms in total. The van der Waals surface area contributed by atoms with Crippen molar-refractivity contribution in [2.24, 2.45) is 5.92 Å². The summed E-state index contributed by atoms with van der Waals surface area (Å²) in [6.45, 7) is 2.41. The summed E-state index contributed by atoms with van der Waals surface area (Å²) in [5.74, 6) is 0.633. The summed E-state index contributed by atoms with van der Waals surface area (Å²) < 4.78 is 0.919. The number of hydrogen-bond acceptors (Lipinski definition) is 4. The highest BCUT2D eigenvalue weighted by Gasteiger charge is 2.34. The van der Waals surface area contributed by atoms with Crippen LogP contribution in [-0.4, -0.2) is 27.2 Å². The van der Waals surface area contributed by atoms with E-state index in [-0.39, 0.29) is 12.1 Å². The van der Waals surface area contributed by atoms with Crippen LogP contribution in [0.3, 0.4) is 0 Å². The summed E-state index contributed by atoms with van der Waals surface area (Å²) in [7, 11) is 0. The van der Waals surface area contributed by atoms with Crippen LogP contribution in [0.4, 0.5) is 5.69 Å². The van der Waals surface area contributed by atoms with Crippen LogP contribution in [0.25, 0.3) is 11.0 Å². The maximum Gasteiger partial charge on any atom is 0.112 e. The van der Waals surface area contributed by atoms with Gasteiger partial charge in [0.1, 0.15) is 5.52 Å². The molecule has 2 aromatic heterocycles. The topological polar surface area (TPSA) is 58.0 Å². The number of halogens is 1. The van der Waals surface area contributed by atoms with Gasteiger partial charge in [0.15, 0.2) is 0 Å². The minimum Gasteiger partial charge on any atom is -0.394 e. The number of pyridine rings is 2. The quantitative estimate of drug-likeness (QED) is 0.885. The van der Waals surface area contributed by atoms with Gasteiger partial charge in [-0.1, -0.05) is 19.8 Å². The van der Waals surface area contributed by atoms with Gasteiger partial charge in [-0.2, -0.15) is 0 Å². The Hall–Kier alpha value is -1.20. The summed E-state index contributed by atoms with van der Waals surface area (Å²) in [5.41, 5.74) is 2.43. The first-order valence-corrected chi connectivity index (χ1v) is 8.20. The molecule has 0 radical (unpaired) electrons. The molecule has 1 fully saturated rings. The number of aliphatic hydroxyl groups is 1. The molecule has 5 heteroatoms. The van der Waals surface area contributed by atoms with Gasteiger partial charge in [-0.15, -0.1) is 0 Å². The zero-order chi connectivity index (χ0) is 14.9. The van der Waals surface area contributed by atoms with Crippen molar-refractivity contribution in [1.29, 1.82) is 0 Å². The molecule has 0 aliphatic heterocycles. The molecule has 0 bridgehead atoms. The van der Waals surface area contributed by atoms with Crippen molar-refractivity contribution < 1.29 is 5.11 Å². The fourth-order valence-corrected chi connectivity index (χ4v) is 3.67. The minimum atomic E-state index is -0.235. The fraction of sp³-hybridized carbons (Fsp3) is 0.500. The second-order valence-electron chi connectivity index (χ2n) is 6.14. The minimum absolute atomic E-state index is 0.150. The second kappa shape index (κ2) is 5.89. The molecule has 21 heavy (non-hydrogen) atoms. The summed E-state index contributed by atoms with van der Waals surface area (Å²) >= 11 is 3.42. The molecular formula is C16H20BrN3O. The number of rotatable bonds is 3. The Bertz CT molecular complexity index is 648. The third-order valence-electron chi connectivity index (χ3n) is 4.34. The Balaban J connectivity index is 1.96. The van der Waals surface area contributed by atoms with Crippen molar-refractivity contribution in [3.05, 3.63) is 29.0 Å². The van der Waals surface area contributed by atoms with E-state index < -0.39 is 0 Å². The Morgan fingerprint density at radius 3 is 3.10 bits per heavy atom. The molecule has 2 N–H and O–H groups in total. The van der Waals surface area contributed by atoms with Crippen LogP contribution in [0.1, 0.15) is 32.6 Å². The molecule has 1 aliphatic rings. The lowest BCUT2D eigenvalue weighted by Crippen LogP contribution is -2.45. The lowest BCUT2D eigenvalue weighted by molar-refractivity contribution is 0.150. The largest absolute Gasteiger partial charge is 0.394 e. The van der Waals surface area contributed by atoms with Crippen molar-refractivity contribution in [2.75, 3.05) is 11.9 Å². The Morgan fingerprint density at radius 1 is 1.48 bits per heavy atom. The number of aromatic nitrogens is 2. The van der Waals surface area contributed by atoms with Crippen molar-refractivity contribution in [2.45, 2.75) is 38.1 Å². The normalized spacial score (nSPS) is 26.0. The lowest BCUT2D eigenvalue weighted by atomic mass is 9.76. The first kappa shape index (κ1) is 14.7. The first-order chi connectivity index (χ1) is 10.1. The zero-order valence-corrected chi connectivity index (χ0v) is 13.7. The number of nitrogens with zero attached hydrogens (tertiary/aromatic N) is 2. The summed E-state index contributed by atoms with van der Waals surface area (Å²) in [5, 5.41) is 13.5. The molecule has 0 spiro atoms. The standard InChI is InChI=1S/C16H20BrN3O/c1-11-3-2-5-16(8-11,10-21)20-13-4-6-18-14-7-12(17)9-19-15(13)14/h4,6-7,9,11,21H,2-3,5,8,10H2,1H3,(H,18,20). The number of anilines is 1. The van der Waals surface area contributed by atoms with Crippen LogP contribution < -0.4 is 5.32 Å². The Labute approximate surface area is 133 Å². The van der Waals surface area contributed by atoms with Gasteiger partial charge in [-0.25, -0.2) is 0 Å². The highest BCUT2D eigenvalue weighted by molar-refractivity contribution is 9.10. The molecule has 2 unspecified atom stereocenters. The van der Waals surface area contributed by atoms with Gasteiger partial charge in [0.2, 0.25) is 0 Å². The first-order valence-electron chi connectivity index (χ1n) is 7.41. The molecule has 1 saturated carbocycles. The van der Waals surface area contributed by atoms with Gasteiger partial charge >= 0.3 is 0 Å². The fourth-order valence-electron chi connectivity index (χ4n) is 3.35. The molecule has 2 aromatic rings. The second-order valence-corrected chi connectivity index (χ2v) is 7.06. The Kier molecular flexibility index (Phi) is 4.13. The van der Waals surface area contributed by atoms with Crippen LogP contribution in [0.5, 0.6) is 0 Å². The predicted octanol–water partition coefficient (Wildman–Crippen LogP) is 3.75. The van der Waals surface area contributed by atoms with E-state index in [0.717, 1.165) is 40.5 Å². The molecule has 2 heterocycles. The molecule has 0 aromatic carbocycles. The summed E-state index contributed by atoms with van der Waals surface area (Å²) in [6.07, 6.45) is 7.95. The molecule has 3 rings (SSSR count). The average molecular weight is 350 g/mol. The van der Waals surface area contributed by atoms with Crippen molar-refractivity contribution >= 4 is 32.7 Å². The molecule has 0 amide bonds. The van der Waals surface area contributed by atoms with Crippen LogP contribution in [0.2, 0.25) is 0 Å². The third-order valence-corrected chi connectivity index (χ3v) is 4.77. The van der Waals surface area contributed by atoms with Gasteiger partial charge in [0.25, 0.3) is 0 Å². The van der Waals surface area contributed by atoms with E-state index in [0.29, 0.717) is 5.92 Å². The van der Waals surface area contributed by atoms with Gasteiger partial charge in [0, 0.05) is 16.9 Å². The van der Waals surface area contributed by atoms with E-state index in [9.17, 15) is 5.11 Å². The zero-order valence-electron chi connectivity index (χ0n) is 12.1. The van der Waals surface area contributed by atoms with Crippen LogP contribution in [0.15, 0.2) is 29.0 Å². The third kappa shape index (κ3) is 3.04. The molecule has 1 aliphatic carbocycles. The van der Waals surface area contributed by atoms with E-state index in [1.165, 1.54) is 6.42 Å². The van der Waals surface area contributed by atoms with Crippen LogP contribution in [-0.2, 0) is 0 Å². The number of nitrogens with one attached hydrogen (secondary N) is 1. The maximum absolute atomic E-state index is 9.93. The van der Waals surface area contributed by atoms with Gasteiger partial charge in [-0.3, -0.25) is 9.97 Å².